The zero-order chi connectivity index (χ0) is 18.0. The lowest BCUT2D eigenvalue weighted by Gasteiger charge is -2.34. The second kappa shape index (κ2) is 11.2. The van der Waals surface area contributed by atoms with Gasteiger partial charge in [0.2, 0.25) is 5.88 Å². The standard InChI is InChI=1S/C20H30BrNO4/c21-16-8-9-19(22-15-16)26-18-13-17(14-18)23-10-4-1-2-5-11-24-20-7-3-6-12-25-20/h8-9,15,17-18,20H,1-7,10-14H2/t17-,18-,20?. The van der Waals surface area contributed by atoms with Crippen LogP contribution in [0.3, 0.4) is 0 Å². The molecule has 3 rings (SSSR count). The molecule has 5 nitrogen and oxygen atoms in total. The number of hydrogen-bond donors (Lipinski definition) is 0. The molecule has 0 spiro atoms. The lowest BCUT2D eigenvalue weighted by molar-refractivity contribution is -0.162. The van der Waals surface area contributed by atoms with Crippen molar-refractivity contribution in [2.45, 2.75) is 76.3 Å². The van der Waals surface area contributed by atoms with Crippen LogP contribution in [0.4, 0.5) is 0 Å². The highest BCUT2D eigenvalue weighted by atomic mass is 79.9. The quantitative estimate of drug-likeness (QED) is 0.471. The molecular formula is C20H30BrNO4. The third kappa shape index (κ3) is 7.14. The Kier molecular flexibility index (Phi) is 8.66. The van der Waals surface area contributed by atoms with Gasteiger partial charge < -0.3 is 18.9 Å². The second-order valence-corrected chi connectivity index (χ2v) is 8.02. The van der Waals surface area contributed by atoms with Gasteiger partial charge in [-0.05, 0) is 54.1 Å². The third-order valence-electron chi connectivity index (χ3n) is 4.87. The molecule has 1 aliphatic heterocycles. The predicted molar refractivity (Wildman–Crippen MR) is 103 cm³/mol. The summed E-state index contributed by atoms with van der Waals surface area (Å²) in [5, 5.41) is 0. The van der Waals surface area contributed by atoms with Crippen LogP contribution in [0.5, 0.6) is 5.88 Å². The number of nitrogens with zero attached hydrogens (tertiary/aromatic N) is 1. The van der Waals surface area contributed by atoms with Crippen LogP contribution < -0.4 is 4.74 Å². The Morgan fingerprint density at radius 3 is 2.50 bits per heavy atom. The van der Waals surface area contributed by atoms with E-state index in [9.17, 15) is 0 Å². The molecule has 0 N–H and O–H groups in total. The minimum Gasteiger partial charge on any atom is -0.474 e. The molecule has 1 saturated carbocycles. The van der Waals surface area contributed by atoms with E-state index < -0.39 is 0 Å². The summed E-state index contributed by atoms with van der Waals surface area (Å²) in [7, 11) is 0. The first-order valence-electron chi connectivity index (χ1n) is 9.92. The highest BCUT2D eigenvalue weighted by Gasteiger charge is 2.31. The number of unbranched alkanes of at least 4 members (excludes halogenated alkanes) is 3. The molecular weight excluding hydrogens is 398 g/mol. The van der Waals surface area contributed by atoms with Crippen LogP contribution in [-0.2, 0) is 14.2 Å². The molecule has 1 aliphatic carbocycles. The van der Waals surface area contributed by atoms with E-state index in [4.69, 9.17) is 18.9 Å². The van der Waals surface area contributed by atoms with Crippen molar-refractivity contribution in [3.8, 4) is 5.88 Å². The van der Waals surface area contributed by atoms with Crippen molar-refractivity contribution in [1.29, 1.82) is 0 Å². The van der Waals surface area contributed by atoms with E-state index in [2.05, 4.69) is 20.9 Å². The van der Waals surface area contributed by atoms with Gasteiger partial charge >= 0.3 is 0 Å². The molecule has 1 atom stereocenters. The number of aromatic nitrogens is 1. The summed E-state index contributed by atoms with van der Waals surface area (Å²) in [4.78, 5) is 4.24. The Labute approximate surface area is 164 Å². The first-order valence-corrected chi connectivity index (χ1v) is 10.7. The number of ether oxygens (including phenoxy) is 4. The summed E-state index contributed by atoms with van der Waals surface area (Å²) >= 11 is 3.37. The Bertz CT molecular complexity index is 501. The molecule has 26 heavy (non-hydrogen) atoms. The molecule has 0 aromatic carbocycles. The number of hydrogen-bond acceptors (Lipinski definition) is 5. The SMILES string of the molecule is Brc1ccc(O[C@H]2C[C@H](OCCCCCCOC3CCCCO3)C2)nc1. The number of rotatable bonds is 11. The Morgan fingerprint density at radius 2 is 1.81 bits per heavy atom. The number of halogens is 1. The number of pyridine rings is 1. The van der Waals surface area contributed by atoms with E-state index >= 15 is 0 Å². The molecule has 1 aromatic rings. The van der Waals surface area contributed by atoms with Gasteiger partial charge in [-0.25, -0.2) is 4.98 Å². The maximum absolute atomic E-state index is 5.91. The van der Waals surface area contributed by atoms with Crippen LogP contribution in [-0.4, -0.2) is 43.3 Å². The summed E-state index contributed by atoms with van der Waals surface area (Å²) in [6, 6.07) is 3.84. The molecule has 0 radical (unpaired) electrons. The molecule has 0 bridgehead atoms. The van der Waals surface area contributed by atoms with Crippen LogP contribution in [0.2, 0.25) is 0 Å². The van der Waals surface area contributed by atoms with Gasteiger partial charge in [0.05, 0.1) is 6.10 Å². The topological polar surface area (TPSA) is 49.8 Å². The lowest BCUT2D eigenvalue weighted by atomic mass is 9.92. The van der Waals surface area contributed by atoms with Crippen molar-refractivity contribution in [2.24, 2.45) is 0 Å². The molecule has 2 heterocycles. The predicted octanol–water partition coefficient (Wildman–Crippen LogP) is 4.87. The zero-order valence-corrected chi connectivity index (χ0v) is 17.0. The van der Waals surface area contributed by atoms with Crippen LogP contribution in [0, 0.1) is 0 Å². The fourth-order valence-corrected chi connectivity index (χ4v) is 3.45. The van der Waals surface area contributed by atoms with Gasteiger partial charge in [0.25, 0.3) is 0 Å². The van der Waals surface area contributed by atoms with Gasteiger partial charge in [-0.3, -0.25) is 0 Å². The van der Waals surface area contributed by atoms with Crippen molar-refractivity contribution in [3.05, 3.63) is 22.8 Å². The monoisotopic (exact) mass is 427 g/mol. The van der Waals surface area contributed by atoms with Crippen LogP contribution >= 0.6 is 15.9 Å². The fraction of sp³-hybridized carbons (Fsp3) is 0.750. The van der Waals surface area contributed by atoms with E-state index in [1.807, 2.05) is 12.1 Å². The van der Waals surface area contributed by atoms with Crippen molar-refractivity contribution in [3.63, 3.8) is 0 Å². The summed E-state index contributed by atoms with van der Waals surface area (Å²) in [5.74, 6) is 0.692. The molecule has 146 valence electrons. The molecule has 0 amide bonds. The third-order valence-corrected chi connectivity index (χ3v) is 5.34. The molecule has 1 saturated heterocycles. The maximum atomic E-state index is 5.91. The molecule has 1 unspecified atom stereocenters. The molecule has 6 heteroatoms. The van der Waals surface area contributed by atoms with Gasteiger partial charge in [-0.1, -0.05) is 12.8 Å². The van der Waals surface area contributed by atoms with Gasteiger partial charge in [0, 0.05) is 49.4 Å². The molecule has 1 aromatic heterocycles. The van der Waals surface area contributed by atoms with Crippen LogP contribution in [0.15, 0.2) is 22.8 Å². The highest BCUT2D eigenvalue weighted by Crippen LogP contribution is 2.28. The molecule has 2 aliphatic rings. The molecule has 2 fully saturated rings. The summed E-state index contributed by atoms with van der Waals surface area (Å²) in [6.07, 6.45) is 12.4. The average molecular weight is 428 g/mol. The maximum Gasteiger partial charge on any atom is 0.213 e. The first-order chi connectivity index (χ1) is 12.8. The van der Waals surface area contributed by atoms with Gasteiger partial charge in [-0.15, -0.1) is 0 Å². The second-order valence-electron chi connectivity index (χ2n) is 7.10. The minimum absolute atomic E-state index is 0.0495. The van der Waals surface area contributed by atoms with Crippen molar-refractivity contribution >= 4 is 15.9 Å². The van der Waals surface area contributed by atoms with E-state index in [0.717, 1.165) is 56.4 Å². The van der Waals surface area contributed by atoms with Gasteiger partial charge in [0.1, 0.15) is 6.10 Å². The van der Waals surface area contributed by atoms with Crippen LogP contribution in [0.1, 0.15) is 57.8 Å². The Balaban J connectivity index is 1.11. The Morgan fingerprint density at radius 1 is 1.00 bits per heavy atom. The van der Waals surface area contributed by atoms with Crippen molar-refractivity contribution < 1.29 is 18.9 Å². The van der Waals surface area contributed by atoms with Gasteiger partial charge in [-0.2, -0.15) is 0 Å². The minimum atomic E-state index is 0.0495. The van der Waals surface area contributed by atoms with Gasteiger partial charge in [0.15, 0.2) is 6.29 Å². The summed E-state index contributed by atoms with van der Waals surface area (Å²) in [5.41, 5.74) is 0. The van der Waals surface area contributed by atoms with Crippen molar-refractivity contribution in [2.75, 3.05) is 19.8 Å². The van der Waals surface area contributed by atoms with E-state index in [0.29, 0.717) is 12.0 Å². The normalized spacial score (nSPS) is 25.7. The highest BCUT2D eigenvalue weighted by molar-refractivity contribution is 9.10. The first kappa shape index (κ1) is 20.1. The van der Waals surface area contributed by atoms with E-state index in [-0.39, 0.29) is 12.4 Å². The average Bonchev–Trinajstić information content (AvgIpc) is 2.64. The zero-order valence-electron chi connectivity index (χ0n) is 15.4. The fourth-order valence-electron chi connectivity index (χ4n) is 3.22. The van der Waals surface area contributed by atoms with E-state index in [1.165, 1.54) is 25.7 Å². The van der Waals surface area contributed by atoms with E-state index in [1.54, 1.807) is 6.20 Å². The largest absolute Gasteiger partial charge is 0.474 e. The smallest absolute Gasteiger partial charge is 0.213 e. The van der Waals surface area contributed by atoms with Crippen molar-refractivity contribution in [1.82, 2.24) is 4.98 Å². The lowest BCUT2D eigenvalue weighted by Crippen LogP contribution is -2.39. The summed E-state index contributed by atoms with van der Waals surface area (Å²) in [6.45, 7) is 2.52. The van der Waals surface area contributed by atoms with Crippen LogP contribution in [0.25, 0.3) is 0 Å². The summed E-state index contributed by atoms with van der Waals surface area (Å²) < 4.78 is 24.0. The Hall–Kier alpha value is -0.690.